The molecule has 0 spiro atoms. The van der Waals surface area contributed by atoms with Crippen LogP contribution in [0.4, 0.5) is 0 Å². The van der Waals surface area contributed by atoms with E-state index in [1.807, 2.05) is 0 Å². The molecule has 0 heterocycles. The molecule has 0 aliphatic heterocycles. The van der Waals surface area contributed by atoms with E-state index in [1.54, 1.807) is 0 Å². The summed E-state index contributed by atoms with van der Waals surface area (Å²) in [5.74, 6) is 0.676. The zero-order chi connectivity index (χ0) is 22.2. The lowest BCUT2D eigenvalue weighted by atomic mass is 9.50. The van der Waals surface area contributed by atoms with Crippen LogP contribution in [0.25, 0.3) is 32.3 Å². The fourth-order valence-corrected chi connectivity index (χ4v) is 8.49. The van der Waals surface area contributed by atoms with Gasteiger partial charge in [0.15, 0.2) is 0 Å². The predicted octanol–water partition coefficient (Wildman–Crippen LogP) is 8.80. The van der Waals surface area contributed by atoms with E-state index in [0.29, 0.717) is 11.8 Å². The molecular weight excluding hydrogens is 476 g/mol. The summed E-state index contributed by atoms with van der Waals surface area (Å²) in [6.45, 7) is 0. The van der Waals surface area contributed by atoms with E-state index in [9.17, 15) is 0 Å². The third-order valence-corrected chi connectivity index (χ3v) is 9.66. The van der Waals surface area contributed by atoms with Gasteiger partial charge in [-0.15, -0.1) is 0 Å². The Hall–Kier alpha value is -3.42. The molecule has 3 aliphatic rings. The first-order chi connectivity index (χ1) is 16.8. The third-order valence-electron chi connectivity index (χ3n) is 8.97. The first-order valence-electron chi connectivity index (χ1n) is 12.1. The standard InChI is InChI=1S/C33H19Br/c34-27-17-16-26-30-20(27)10-5-13-23(30)32-31-21-11-1-6-18-8-3-14-24(28(18)21)33(26,32)25-15-4-9-19-7-2-12-22(31)29(19)25/h1-17,31-32H. The lowest BCUT2D eigenvalue weighted by Crippen LogP contribution is -2.42. The predicted molar refractivity (Wildman–Crippen MR) is 144 cm³/mol. The second kappa shape index (κ2) is 5.79. The molecule has 3 aliphatic carbocycles. The third kappa shape index (κ3) is 1.75. The lowest BCUT2D eigenvalue weighted by Gasteiger charge is -2.51. The molecule has 0 nitrogen and oxygen atoms in total. The van der Waals surface area contributed by atoms with Gasteiger partial charge >= 0.3 is 0 Å². The van der Waals surface area contributed by atoms with Crippen molar-refractivity contribution in [3.05, 3.63) is 141 Å². The average Bonchev–Trinajstić information content (AvgIpc) is 3.19. The van der Waals surface area contributed by atoms with Crippen molar-refractivity contribution in [2.45, 2.75) is 17.3 Å². The molecule has 0 amide bonds. The van der Waals surface area contributed by atoms with Crippen molar-refractivity contribution < 1.29 is 0 Å². The summed E-state index contributed by atoms with van der Waals surface area (Å²) in [7, 11) is 0. The van der Waals surface area contributed by atoms with Gasteiger partial charge in [-0.1, -0.05) is 113 Å². The Labute approximate surface area is 206 Å². The molecule has 0 radical (unpaired) electrons. The van der Waals surface area contributed by atoms with E-state index in [-0.39, 0.29) is 5.41 Å². The highest BCUT2D eigenvalue weighted by atomic mass is 79.9. The number of rotatable bonds is 0. The van der Waals surface area contributed by atoms with Crippen LogP contribution in [0, 0.1) is 0 Å². The van der Waals surface area contributed by atoms with Gasteiger partial charge in [0, 0.05) is 16.3 Å². The summed E-state index contributed by atoms with van der Waals surface area (Å²) < 4.78 is 1.18. The van der Waals surface area contributed by atoms with E-state index < -0.39 is 0 Å². The molecule has 0 saturated heterocycles. The molecule has 9 rings (SSSR count). The largest absolute Gasteiger partial charge is 0.0613 e. The summed E-state index contributed by atoms with van der Waals surface area (Å²) in [6.07, 6.45) is 0. The Balaban J connectivity index is 1.63. The average molecular weight is 495 g/mol. The number of benzene rings is 6. The quantitative estimate of drug-likeness (QED) is 0.198. The molecule has 1 heteroatoms. The van der Waals surface area contributed by atoms with Crippen LogP contribution in [0.15, 0.2) is 108 Å². The fraction of sp³-hybridized carbons (Fsp3) is 0.0909. The first kappa shape index (κ1) is 18.0. The van der Waals surface area contributed by atoms with Crippen molar-refractivity contribution in [3.63, 3.8) is 0 Å². The Morgan fingerprint density at radius 3 is 1.68 bits per heavy atom. The highest BCUT2D eigenvalue weighted by Crippen LogP contribution is 2.70. The van der Waals surface area contributed by atoms with Gasteiger partial charge in [-0.2, -0.15) is 0 Å². The van der Waals surface area contributed by atoms with Crippen LogP contribution in [0.2, 0.25) is 0 Å². The molecule has 0 saturated carbocycles. The molecule has 6 aromatic carbocycles. The molecule has 2 bridgehead atoms. The fourth-order valence-electron chi connectivity index (χ4n) is 8.03. The summed E-state index contributed by atoms with van der Waals surface area (Å²) in [4.78, 5) is 0. The van der Waals surface area contributed by atoms with Gasteiger partial charge in [-0.3, -0.25) is 0 Å². The van der Waals surface area contributed by atoms with Crippen molar-refractivity contribution in [1.82, 2.24) is 0 Å². The molecule has 6 aromatic rings. The zero-order valence-electron chi connectivity index (χ0n) is 18.3. The van der Waals surface area contributed by atoms with Gasteiger partial charge in [0.05, 0.1) is 5.41 Å². The minimum atomic E-state index is -0.185. The number of fused-ring (bicyclic) bond motifs is 2. The molecule has 158 valence electrons. The van der Waals surface area contributed by atoms with E-state index in [4.69, 9.17) is 0 Å². The summed E-state index contributed by atoms with van der Waals surface area (Å²) in [6, 6.07) is 39.5. The Bertz CT molecular complexity index is 1800. The number of hydrogen-bond acceptors (Lipinski definition) is 0. The van der Waals surface area contributed by atoms with Crippen LogP contribution in [0.3, 0.4) is 0 Å². The van der Waals surface area contributed by atoms with Gasteiger partial charge in [0.1, 0.15) is 0 Å². The maximum atomic E-state index is 3.88. The highest BCUT2D eigenvalue weighted by molar-refractivity contribution is 9.10. The van der Waals surface area contributed by atoms with Gasteiger partial charge in [0.25, 0.3) is 0 Å². The molecule has 0 aromatic heterocycles. The van der Waals surface area contributed by atoms with E-state index in [2.05, 4.69) is 119 Å². The second-order valence-corrected chi connectivity index (χ2v) is 11.0. The van der Waals surface area contributed by atoms with Crippen molar-refractivity contribution >= 4 is 48.2 Å². The van der Waals surface area contributed by atoms with Crippen molar-refractivity contribution in [3.8, 4) is 0 Å². The van der Waals surface area contributed by atoms with Crippen LogP contribution in [-0.4, -0.2) is 0 Å². The molecule has 34 heavy (non-hydrogen) atoms. The number of hydrogen-bond donors (Lipinski definition) is 0. The summed E-state index contributed by atoms with van der Waals surface area (Å²) >= 11 is 3.88. The van der Waals surface area contributed by atoms with Gasteiger partial charge in [-0.05, 0) is 71.8 Å². The molecule has 0 N–H and O–H groups in total. The van der Waals surface area contributed by atoms with Crippen LogP contribution in [-0.2, 0) is 5.41 Å². The molecule has 1 unspecified atom stereocenters. The van der Waals surface area contributed by atoms with E-state index in [1.165, 1.54) is 70.2 Å². The first-order valence-corrected chi connectivity index (χ1v) is 12.9. The highest BCUT2D eigenvalue weighted by Gasteiger charge is 2.59. The maximum absolute atomic E-state index is 3.88. The Morgan fingerprint density at radius 1 is 0.500 bits per heavy atom. The Morgan fingerprint density at radius 2 is 1.03 bits per heavy atom. The summed E-state index contributed by atoms with van der Waals surface area (Å²) in [5, 5.41) is 8.41. The van der Waals surface area contributed by atoms with E-state index >= 15 is 0 Å². The van der Waals surface area contributed by atoms with Crippen LogP contribution < -0.4 is 0 Å². The topological polar surface area (TPSA) is 0 Å². The number of halogens is 1. The smallest absolute Gasteiger partial charge is 0.0547 e. The molecule has 1 atom stereocenters. The SMILES string of the molecule is Brc1ccc2c3c(cccc13)C1C3c4cccc5cccc(c45)C21c1cccc2cccc3c12. The Kier molecular flexibility index (Phi) is 3.06. The van der Waals surface area contributed by atoms with Gasteiger partial charge in [0.2, 0.25) is 0 Å². The summed E-state index contributed by atoms with van der Waals surface area (Å²) in [5.41, 5.74) is 8.71. The minimum absolute atomic E-state index is 0.185. The monoisotopic (exact) mass is 494 g/mol. The molecular formula is C33H19Br. The van der Waals surface area contributed by atoms with Crippen LogP contribution in [0.5, 0.6) is 0 Å². The maximum Gasteiger partial charge on any atom is 0.0547 e. The zero-order valence-corrected chi connectivity index (χ0v) is 19.9. The lowest BCUT2D eigenvalue weighted by molar-refractivity contribution is 0.442. The van der Waals surface area contributed by atoms with Gasteiger partial charge in [-0.25, -0.2) is 0 Å². The minimum Gasteiger partial charge on any atom is -0.0613 e. The van der Waals surface area contributed by atoms with Crippen molar-refractivity contribution in [2.24, 2.45) is 0 Å². The van der Waals surface area contributed by atoms with Crippen molar-refractivity contribution in [2.75, 3.05) is 0 Å². The van der Waals surface area contributed by atoms with Gasteiger partial charge < -0.3 is 0 Å². The normalized spacial score (nSPS) is 23.0. The van der Waals surface area contributed by atoms with E-state index in [0.717, 1.165) is 0 Å². The van der Waals surface area contributed by atoms with Crippen LogP contribution >= 0.6 is 15.9 Å². The molecule has 0 fully saturated rings. The van der Waals surface area contributed by atoms with Crippen LogP contribution in [0.1, 0.15) is 45.2 Å². The second-order valence-electron chi connectivity index (χ2n) is 10.1. The van der Waals surface area contributed by atoms with Crippen molar-refractivity contribution in [1.29, 1.82) is 0 Å².